The average Bonchev–Trinajstić information content (AvgIpc) is 2.74. The van der Waals surface area contributed by atoms with Crippen molar-refractivity contribution in [2.75, 3.05) is 25.1 Å². The molecule has 13 heteroatoms. The molecule has 1 aromatic rings. The zero-order chi connectivity index (χ0) is 26.4. The number of nitrogens with two attached hydrogens (primary N) is 1. The van der Waals surface area contributed by atoms with Gasteiger partial charge in [-0.05, 0) is 49.8 Å². The molecule has 0 spiro atoms. The predicted molar refractivity (Wildman–Crippen MR) is 137 cm³/mol. The summed E-state index contributed by atoms with van der Waals surface area (Å²) in [5.41, 5.74) is 8.55. The molecule has 0 radical (unpaired) electrons. The number of sulfonamides is 1. The minimum absolute atomic E-state index is 0.0536. The third-order valence-electron chi connectivity index (χ3n) is 4.45. The van der Waals surface area contributed by atoms with Crippen LogP contribution in [0.3, 0.4) is 0 Å². The molecular weight excluding hydrogens is 545 g/mol. The molecule has 0 aromatic heterocycles. The summed E-state index contributed by atoms with van der Waals surface area (Å²) in [5.74, 6) is 0.891. The number of amides is 2. The van der Waals surface area contributed by atoms with Gasteiger partial charge in [-0.2, -0.15) is 0 Å². The van der Waals surface area contributed by atoms with Crippen molar-refractivity contribution in [3.8, 4) is 0 Å². The number of methoxy groups -OCH3 is 1. The van der Waals surface area contributed by atoms with E-state index in [1.54, 1.807) is 4.72 Å². The van der Waals surface area contributed by atoms with Gasteiger partial charge in [0, 0.05) is 18.3 Å². The van der Waals surface area contributed by atoms with Crippen LogP contribution in [0.15, 0.2) is 29.2 Å². The van der Waals surface area contributed by atoms with Crippen molar-refractivity contribution in [1.29, 1.82) is 0 Å². The fraction of sp³-hybridized carbons (Fsp3) is 0.619. The Morgan fingerprint density at radius 1 is 1.18 bits per heavy atom. The van der Waals surface area contributed by atoms with Gasteiger partial charge in [-0.15, -0.1) is 0 Å². The Morgan fingerprint density at radius 3 is 2.09 bits per heavy atom. The first-order valence-electron chi connectivity index (χ1n) is 10.9. The molecule has 1 aliphatic carbocycles. The summed E-state index contributed by atoms with van der Waals surface area (Å²) >= 11 is -1.68. The molecule has 0 heterocycles. The van der Waals surface area contributed by atoms with Crippen LogP contribution in [0.1, 0.15) is 46.0 Å². The molecule has 0 atom stereocenters. The molecule has 1 aliphatic rings. The number of anilines is 1. The van der Waals surface area contributed by atoms with Gasteiger partial charge in [0.1, 0.15) is 0 Å². The first-order chi connectivity index (χ1) is 15.7. The molecule has 0 unspecified atom stereocenters. The van der Waals surface area contributed by atoms with E-state index in [9.17, 15) is 21.7 Å². The number of nitrogens with zero attached hydrogens (tertiary/aromatic N) is 1. The number of carbonyl (C=O) groups is 2. The third-order valence-corrected chi connectivity index (χ3v) is 6.55. The van der Waals surface area contributed by atoms with Gasteiger partial charge in [0.05, 0.1) is 12.0 Å². The first kappa shape index (κ1) is 32.4. The molecule has 34 heavy (non-hydrogen) atoms. The molecule has 1 aromatic carbocycles. The van der Waals surface area contributed by atoms with Gasteiger partial charge in [0.2, 0.25) is 0 Å². The fourth-order valence-corrected chi connectivity index (χ4v) is 4.60. The van der Waals surface area contributed by atoms with Gasteiger partial charge >= 0.3 is 39.2 Å². The Morgan fingerprint density at radius 2 is 1.68 bits per heavy atom. The SMILES string of the molecule is CCSC(=O)N(CC)C1CCCCC1.COC(=O)NS(=O)(=O)c1ccc(N)cc1.C[As](C)(=O)O. The molecule has 1 fully saturated rings. The summed E-state index contributed by atoms with van der Waals surface area (Å²) in [6.07, 6.45) is 5.33. The van der Waals surface area contributed by atoms with E-state index >= 15 is 0 Å². The standard InChI is InChI=1S/C11H21NOS.C8H10N2O4S.C2H7AsO2/c1-3-12(11(13)14-4-2)10-8-6-5-7-9-10;1-14-8(11)10-15(12,13)7-4-2-6(9)3-5-7;1-3(2,4)5/h10H,3-9H2,1-2H3;2-5H,9H2,1H3,(H,10,11);1-2H3,(H,4,5). The van der Waals surface area contributed by atoms with Crippen molar-refractivity contribution < 1.29 is 30.6 Å². The van der Waals surface area contributed by atoms with Crippen LogP contribution in [0.25, 0.3) is 0 Å². The summed E-state index contributed by atoms with van der Waals surface area (Å²) in [4.78, 5) is 24.5. The van der Waals surface area contributed by atoms with Crippen LogP contribution in [0, 0.1) is 0 Å². The van der Waals surface area contributed by atoms with E-state index in [1.807, 2.05) is 6.92 Å². The van der Waals surface area contributed by atoms with Crippen molar-refractivity contribution in [3.63, 3.8) is 0 Å². The minimum atomic E-state index is -3.87. The summed E-state index contributed by atoms with van der Waals surface area (Å²) in [6, 6.07) is 5.96. The maximum absolute atomic E-state index is 11.8. The van der Waals surface area contributed by atoms with Gasteiger partial charge < -0.3 is 15.4 Å². The second kappa shape index (κ2) is 16.1. The molecule has 2 rings (SSSR count). The van der Waals surface area contributed by atoms with Gasteiger partial charge in [-0.25, -0.2) is 17.9 Å². The van der Waals surface area contributed by atoms with E-state index in [0.717, 1.165) is 19.4 Å². The number of benzene rings is 1. The molecule has 4 N–H and O–H groups in total. The van der Waals surface area contributed by atoms with Crippen LogP contribution < -0.4 is 10.5 Å². The van der Waals surface area contributed by atoms with Crippen LogP contribution in [0.2, 0.25) is 11.4 Å². The van der Waals surface area contributed by atoms with Crippen LogP contribution in [0.5, 0.6) is 0 Å². The average molecular weight is 584 g/mol. The summed E-state index contributed by atoms with van der Waals surface area (Å²) in [7, 11) is -2.79. The zero-order valence-corrected chi connectivity index (χ0v) is 24.0. The normalized spacial score (nSPS) is 13.9. The van der Waals surface area contributed by atoms with Crippen molar-refractivity contribution in [2.45, 2.75) is 68.3 Å². The molecule has 196 valence electrons. The third kappa shape index (κ3) is 14.6. The number of hydrogen-bond acceptors (Lipinski definition) is 8. The Labute approximate surface area is 210 Å². The van der Waals surface area contributed by atoms with Crippen LogP contribution >= 0.6 is 11.8 Å². The van der Waals surface area contributed by atoms with Crippen LogP contribution in [-0.2, 0) is 18.5 Å². The number of thioether (sulfide) groups is 1. The van der Waals surface area contributed by atoms with E-state index in [-0.39, 0.29) is 10.1 Å². The van der Waals surface area contributed by atoms with Gasteiger partial charge in [-0.3, -0.25) is 4.79 Å². The Kier molecular flexibility index (Phi) is 15.4. The van der Waals surface area contributed by atoms with Gasteiger partial charge in [-0.1, -0.05) is 37.9 Å². The molecule has 0 bridgehead atoms. The molecule has 10 nitrogen and oxygen atoms in total. The number of rotatable bonds is 5. The van der Waals surface area contributed by atoms with Crippen LogP contribution in [-0.4, -0.2) is 68.0 Å². The van der Waals surface area contributed by atoms with E-state index in [2.05, 4.69) is 16.6 Å². The molecule has 1 saturated carbocycles. The van der Waals surface area contributed by atoms with E-state index in [0.29, 0.717) is 11.7 Å². The summed E-state index contributed by atoms with van der Waals surface area (Å²) in [5, 5.41) is 0.280. The molecule has 0 saturated heterocycles. The maximum atomic E-state index is 11.8. The van der Waals surface area contributed by atoms with E-state index in [1.165, 1.54) is 79.6 Å². The summed E-state index contributed by atoms with van der Waals surface area (Å²) in [6.45, 7) is 5.00. The van der Waals surface area contributed by atoms with Crippen molar-refractivity contribution in [2.24, 2.45) is 0 Å². The first-order valence-corrected chi connectivity index (χ1v) is 18.7. The predicted octanol–water partition coefficient (Wildman–Crippen LogP) is 3.94. The molecular formula is C21H38AsN3O7S2. The number of hydrogen-bond donors (Lipinski definition) is 3. The Hall–Kier alpha value is -1.62. The Balaban J connectivity index is 0.000000537. The quantitative estimate of drug-likeness (QED) is 0.345. The van der Waals surface area contributed by atoms with E-state index in [4.69, 9.17) is 9.83 Å². The molecule has 0 aliphatic heterocycles. The number of nitrogen functional groups attached to an aromatic ring is 1. The van der Waals surface area contributed by atoms with Crippen molar-refractivity contribution in [1.82, 2.24) is 9.62 Å². The second-order valence-corrected chi connectivity index (χ2v) is 16.1. The molecule has 2 amide bonds. The monoisotopic (exact) mass is 583 g/mol. The second-order valence-electron chi connectivity index (χ2n) is 7.74. The van der Waals surface area contributed by atoms with Crippen molar-refractivity contribution >= 4 is 52.6 Å². The zero-order valence-electron chi connectivity index (χ0n) is 20.5. The van der Waals surface area contributed by atoms with Gasteiger partial charge in [0.15, 0.2) is 0 Å². The number of carbonyl (C=O) groups excluding carboxylic acids is 2. The summed E-state index contributed by atoms with van der Waals surface area (Å²) < 4.78 is 46.8. The Bertz CT molecular complexity index is 891. The van der Waals surface area contributed by atoms with Crippen LogP contribution in [0.4, 0.5) is 15.3 Å². The number of ether oxygens (including phenoxy) is 1. The van der Waals surface area contributed by atoms with Gasteiger partial charge in [0.25, 0.3) is 15.3 Å². The fourth-order valence-electron chi connectivity index (χ4n) is 2.99. The topological polar surface area (TPSA) is 156 Å². The van der Waals surface area contributed by atoms with E-state index < -0.39 is 29.9 Å². The number of nitrogens with one attached hydrogen (secondary N) is 1. The van der Waals surface area contributed by atoms with Crippen molar-refractivity contribution in [3.05, 3.63) is 24.3 Å².